The van der Waals surface area contributed by atoms with E-state index < -0.39 is 23.3 Å². The minimum absolute atomic E-state index is 0.000554. The summed E-state index contributed by atoms with van der Waals surface area (Å²) in [5.41, 5.74) is 8.41. The molecule has 5 aromatic rings. The monoisotopic (exact) mass is 1080 g/mol. The fourth-order valence-corrected chi connectivity index (χ4v) is 13.7. The number of unbranched alkanes of at least 4 members (excludes halogenated alkanes) is 4. The molecule has 1 saturated heterocycles. The maximum Gasteiger partial charge on any atom is 0.423 e. The molecule has 7 aliphatic rings. The lowest BCUT2D eigenvalue weighted by atomic mass is 9.82. The van der Waals surface area contributed by atoms with E-state index >= 15 is 0 Å². The fourth-order valence-electron chi connectivity index (χ4n) is 13.7. The van der Waals surface area contributed by atoms with Gasteiger partial charge in [0.1, 0.15) is 42.0 Å². The van der Waals surface area contributed by atoms with Gasteiger partial charge in [0.05, 0.1) is 29.6 Å². The lowest BCUT2D eigenvalue weighted by Gasteiger charge is -2.35. The number of ketones is 1. The number of H-pyrrole nitrogens is 1. The number of amides is 1. The van der Waals surface area contributed by atoms with Crippen molar-refractivity contribution in [3.63, 3.8) is 0 Å². The number of hydrogen-bond acceptors (Lipinski definition) is 10. The first kappa shape index (κ1) is 52.7. The van der Waals surface area contributed by atoms with Crippen LogP contribution in [-0.2, 0) is 49.7 Å². The molecule has 414 valence electrons. The van der Waals surface area contributed by atoms with Crippen LogP contribution in [0.2, 0.25) is 0 Å². The number of likely N-dealkylation sites (tertiary alicyclic amines) is 1. The molecule has 1 fully saturated rings. The van der Waals surface area contributed by atoms with E-state index in [1.807, 2.05) is 29.4 Å². The maximum absolute atomic E-state index is 14.1. The van der Waals surface area contributed by atoms with Crippen LogP contribution in [-0.4, -0.2) is 96.3 Å². The molecular formula is C62H69F3N7O7+. The van der Waals surface area contributed by atoms with Crippen LogP contribution in [0.15, 0.2) is 59.5 Å². The van der Waals surface area contributed by atoms with Gasteiger partial charge in [-0.3, -0.25) is 19.3 Å². The number of benzene rings is 4. The van der Waals surface area contributed by atoms with E-state index in [0.717, 1.165) is 174 Å². The number of nitrogens with one attached hydrogen (secondary N) is 2. The molecule has 14 nitrogen and oxygen atoms in total. The number of carbonyl (C=O) groups is 3. The quantitative estimate of drug-likeness (QED) is 0.0485. The summed E-state index contributed by atoms with van der Waals surface area (Å²) in [5.74, 6) is 1.31. The highest BCUT2D eigenvalue weighted by atomic mass is 19.4. The van der Waals surface area contributed by atoms with Crippen LogP contribution in [0.1, 0.15) is 161 Å². The summed E-state index contributed by atoms with van der Waals surface area (Å²) in [5, 5.41) is 21.7. The van der Waals surface area contributed by atoms with E-state index in [0.29, 0.717) is 55.9 Å². The highest BCUT2D eigenvalue weighted by Crippen LogP contribution is 2.49. The predicted molar refractivity (Wildman–Crippen MR) is 294 cm³/mol. The van der Waals surface area contributed by atoms with Gasteiger partial charge < -0.3 is 29.7 Å². The molecule has 0 radical (unpaired) electrons. The summed E-state index contributed by atoms with van der Waals surface area (Å²) >= 11 is 0. The standard InChI is InChI=1S/C62H68F3N7O7/c63-62(64,65)55-51(34-67-68-60(55)75)72-35-41-17-19-44(30-42(41)36-72)78-43-21-28-69(29-22-43)37-53(74)66-23-7-3-1-2-4-16-52(73)38-18-20-45(61(76)77)48(31-38)54-49-32-39-12-5-8-24-70-26-10-14-46(56(39)70)58(49)79-59-47-15-11-27-71-25-9-6-13-40(57(47)71)33-50(54)59/h17-20,30-34,43H,1-16,21-29,35-37H2,(H2-,66,68,74,75,76,77)/p+1. The molecule has 3 N–H and O–H groups in total. The molecule has 0 saturated carbocycles. The number of alkyl halides is 3. The van der Waals surface area contributed by atoms with Crippen molar-refractivity contribution < 1.29 is 42.1 Å². The summed E-state index contributed by atoms with van der Waals surface area (Å²) in [7, 11) is 0. The molecular weight excluding hydrogens is 1010 g/mol. The maximum atomic E-state index is 14.1. The SMILES string of the molecule is O=C(CN1CCC(Oc2ccc3c(c2)CN(c2cn[nH]c(=O)c2C(F)(F)F)C3)CC1)NCCCCCCCC(=O)c1ccc(C(=O)O)c(C2=c3cc4c5c(c3Oc3c2cc2c6c3CCCN6CCCC2)CCC[N+]=5CCCC4)c1. The number of Topliss-reactive ketones (excluding diaryl/α,β-unsaturated/α-hetero) is 1. The van der Waals surface area contributed by atoms with E-state index in [-0.39, 0.29) is 42.1 Å². The summed E-state index contributed by atoms with van der Waals surface area (Å²) < 4.78 is 57.4. The van der Waals surface area contributed by atoms with Gasteiger partial charge in [0.2, 0.25) is 11.3 Å². The Labute approximate surface area is 457 Å². The van der Waals surface area contributed by atoms with Gasteiger partial charge in [-0.1, -0.05) is 31.4 Å². The minimum atomic E-state index is -4.82. The van der Waals surface area contributed by atoms with Crippen LogP contribution in [0.5, 0.6) is 17.2 Å². The number of aromatic carboxylic acids is 1. The van der Waals surface area contributed by atoms with Gasteiger partial charge in [0.15, 0.2) is 5.78 Å². The first-order valence-electron chi connectivity index (χ1n) is 28.9. The van der Waals surface area contributed by atoms with Crippen molar-refractivity contribution in [2.24, 2.45) is 0 Å². The van der Waals surface area contributed by atoms with Gasteiger partial charge in [0.25, 0.3) is 5.56 Å². The second kappa shape index (κ2) is 22.3. The zero-order chi connectivity index (χ0) is 54.4. The van der Waals surface area contributed by atoms with Gasteiger partial charge in [0, 0.05) is 104 Å². The number of nitrogens with zero attached hydrogens (tertiary/aromatic N) is 5. The first-order chi connectivity index (χ1) is 38.4. The number of anilines is 2. The summed E-state index contributed by atoms with van der Waals surface area (Å²) in [6.45, 7) is 6.78. The number of halogens is 3. The average molecular weight is 1080 g/mol. The molecule has 1 amide bonds. The molecule has 0 atom stereocenters. The lowest BCUT2D eigenvalue weighted by Crippen LogP contribution is -2.43. The Morgan fingerprint density at radius 2 is 1.54 bits per heavy atom. The summed E-state index contributed by atoms with van der Waals surface area (Å²) in [4.78, 5) is 58.6. The van der Waals surface area contributed by atoms with E-state index in [1.165, 1.54) is 38.2 Å². The summed E-state index contributed by atoms with van der Waals surface area (Å²) in [6, 6.07) is 15.3. The number of aromatic amines is 1. The minimum Gasteiger partial charge on any atom is -0.490 e. The van der Waals surface area contributed by atoms with E-state index in [1.54, 1.807) is 12.1 Å². The Hall–Kier alpha value is -7.01. The third-order valence-electron chi connectivity index (χ3n) is 17.5. The molecule has 1 aromatic heterocycles. The Morgan fingerprint density at radius 3 is 2.39 bits per heavy atom. The second-order valence-electron chi connectivity index (χ2n) is 22.7. The van der Waals surface area contributed by atoms with E-state index in [4.69, 9.17) is 9.47 Å². The molecule has 79 heavy (non-hydrogen) atoms. The Bertz CT molecular complexity index is 3440. The van der Waals surface area contributed by atoms with Crippen molar-refractivity contribution >= 4 is 34.6 Å². The zero-order valence-electron chi connectivity index (χ0n) is 44.8. The van der Waals surface area contributed by atoms with Gasteiger partial charge in [-0.15, -0.1) is 0 Å². The van der Waals surface area contributed by atoms with Gasteiger partial charge in [-0.25, -0.2) is 14.5 Å². The number of piperidine rings is 1. The van der Waals surface area contributed by atoms with E-state index in [9.17, 15) is 37.5 Å². The van der Waals surface area contributed by atoms with Crippen molar-refractivity contribution in [3.8, 4) is 17.2 Å². The zero-order valence-corrected chi connectivity index (χ0v) is 44.8. The lowest BCUT2D eigenvalue weighted by molar-refractivity contribution is -0.138. The number of aryl methyl sites for hydroxylation is 2. The smallest absolute Gasteiger partial charge is 0.423 e. The number of carboxylic acid groups (broad SMARTS) is 1. The van der Waals surface area contributed by atoms with Crippen molar-refractivity contribution in [1.29, 1.82) is 0 Å². The Morgan fingerprint density at radius 1 is 0.772 bits per heavy atom. The number of aromatic nitrogens is 2. The van der Waals surface area contributed by atoms with Crippen molar-refractivity contribution in [2.75, 3.05) is 62.2 Å². The molecule has 0 unspecified atom stereocenters. The van der Waals surface area contributed by atoms with Crippen LogP contribution in [0.25, 0.3) is 5.57 Å². The van der Waals surface area contributed by atoms with Crippen molar-refractivity contribution in [1.82, 2.24) is 25.0 Å². The van der Waals surface area contributed by atoms with Crippen LogP contribution >= 0.6 is 0 Å². The normalized spacial score (nSPS) is 17.9. The fraction of sp³-hybridized carbons (Fsp3) is 0.484. The van der Waals surface area contributed by atoms with Crippen molar-refractivity contribution in [3.05, 3.63) is 137 Å². The van der Waals surface area contributed by atoms with Crippen LogP contribution < -0.4 is 45.3 Å². The number of ether oxygens (including phenoxy) is 2. The Kier molecular flexibility index (Phi) is 14.8. The molecule has 7 aliphatic heterocycles. The number of fused-ring (bicyclic) bond motifs is 5. The largest absolute Gasteiger partial charge is 0.490 e. The topological polar surface area (TPSA) is 160 Å². The first-order valence-corrected chi connectivity index (χ1v) is 28.9. The van der Waals surface area contributed by atoms with Gasteiger partial charge >= 0.3 is 12.1 Å². The number of hydrogen-bond donors (Lipinski definition) is 3. The third-order valence-corrected chi connectivity index (χ3v) is 17.5. The van der Waals surface area contributed by atoms with Crippen LogP contribution in [0.4, 0.5) is 24.5 Å². The highest BCUT2D eigenvalue weighted by Gasteiger charge is 2.40. The summed E-state index contributed by atoms with van der Waals surface area (Å²) in [6.07, 6.45) is 12.5. The predicted octanol–water partition coefficient (Wildman–Crippen LogP) is 8.41. The molecule has 0 spiro atoms. The highest BCUT2D eigenvalue weighted by molar-refractivity contribution is 6.03. The number of carboxylic acids is 1. The van der Waals surface area contributed by atoms with E-state index in [2.05, 4.69) is 36.9 Å². The van der Waals surface area contributed by atoms with Crippen LogP contribution in [0, 0.1) is 0 Å². The molecule has 0 aliphatic carbocycles. The molecule has 12 rings (SSSR count). The van der Waals surface area contributed by atoms with Gasteiger partial charge in [-0.2, -0.15) is 18.3 Å². The molecule has 0 bridgehead atoms. The third kappa shape index (κ3) is 10.7. The molecule has 4 aromatic carbocycles. The average Bonchev–Trinajstić information content (AvgIpc) is 3.73. The Balaban J connectivity index is 0.641. The number of rotatable bonds is 16. The van der Waals surface area contributed by atoms with Gasteiger partial charge in [-0.05, 0) is 136 Å². The van der Waals surface area contributed by atoms with Crippen molar-refractivity contribution in [2.45, 2.75) is 141 Å². The number of carbonyl (C=O) groups excluding carboxylic acids is 2. The molecule has 8 heterocycles. The molecule has 17 heteroatoms. The van der Waals surface area contributed by atoms with Crippen LogP contribution in [0.3, 0.4) is 0 Å². The second-order valence-corrected chi connectivity index (χ2v) is 22.7.